The molecule has 2 aromatic rings. The lowest BCUT2D eigenvalue weighted by Gasteiger charge is -2.10. The zero-order chi connectivity index (χ0) is 13.7. The number of hydrogen-bond acceptors (Lipinski definition) is 0. The summed E-state index contributed by atoms with van der Waals surface area (Å²) in [7, 11) is 0. The zero-order valence-electron chi connectivity index (χ0n) is 12.5. The Bertz CT molecular complexity index is 522. The Morgan fingerprint density at radius 1 is 0.684 bits per heavy atom. The molecule has 0 unspecified atom stereocenters. The maximum Gasteiger partial charge on any atom is -0.0152 e. The first-order chi connectivity index (χ1) is 8.59. The largest absolute Gasteiger partial charge is 0.0776 e. The fourth-order valence-corrected chi connectivity index (χ4v) is 1.97. The van der Waals surface area contributed by atoms with Crippen LogP contribution in [-0.2, 0) is 0 Å². The molecule has 0 aromatic heterocycles. The Morgan fingerprint density at radius 3 is 1.89 bits per heavy atom. The van der Waals surface area contributed by atoms with E-state index < -0.39 is 0 Å². The second-order valence-electron chi connectivity index (χ2n) is 4.55. The third kappa shape index (κ3) is 3.96. The predicted molar refractivity (Wildman–Crippen MR) is 88.9 cm³/mol. The van der Waals surface area contributed by atoms with Gasteiger partial charge in [-0.2, -0.15) is 0 Å². The second kappa shape index (κ2) is 7.78. The van der Waals surface area contributed by atoms with Crippen molar-refractivity contribution >= 4 is 0 Å². The molecule has 0 fully saturated rings. The topological polar surface area (TPSA) is 0 Å². The molecule has 2 aromatic carbocycles. The van der Waals surface area contributed by atoms with Crippen molar-refractivity contribution in [1.29, 1.82) is 0 Å². The van der Waals surface area contributed by atoms with E-state index in [-0.39, 0.29) is 7.43 Å². The summed E-state index contributed by atoms with van der Waals surface area (Å²) in [6, 6.07) is 13.2. The minimum absolute atomic E-state index is 0. The summed E-state index contributed by atoms with van der Waals surface area (Å²) in [5.74, 6) is 0. The lowest BCUT2D eigenvalue weighted by molar-refractivity contribution is 1.31. The zero-order valence-corrected chi connectivity index (χ0v) is 12.5. The van der Waals surface area contributed by atoms with Crippen molar-refractivity contribution in [3.05, 3.63) is 58.7 Å². The van der Waals surface area contributed by atoms with Crippen LogP contribution in [-0.4, -0.2) is 0 Å². The smallest absolute Gasteiger partial charge is 0.0152 e. The van der Waals surface area contributed by atoms with Crippen molar-refractivity contribution in [3.63, 3.8) is 0 Å². The molecule has 0 aliphatic rings. The highest BCUT2D eigenvalue weighted by Gasteiger charge is 2.04. The van der Waals surface area contributed by atoms with Gasteiger partial charge < -0.3 is 0 Å². The molecule has 19 heavy (non-hydrogen) atoms. The van der Waals surface area contributed by atoms with Crippen LogP contribution in [0.5, 0.6) is 0 Å². The maximum atomic E-state index is 2.27. The van der Waals surface area contributed by atoms with E-state index in [4.69, 9.17) is 0 Å². The normalized spacial score (nSPS) is 9.16. The maximum absolute atomic E-state index is 2.27. The predicted octanol–water partition coefficient (Wildman–Crippen LogP) is 6.25. The summed E-state index contributed by atoms with van der Waals surface area (Å²) < 4.78 is 0. The van der Waals surface area contributed by atoms with E-state index in [1.807, 2.05) is 13.8 Å². The van der Waals surface area contributed by atoms with Crippen LogP contribution in [0.2, 0.25) is 0 Å². The van der Waals surface area contributed by atoms with E-state index in [0.717, 1.165) is 0 Å². The van der Waals surface area contributed by atoms with Gasteiger partial charge >= 0.3 is 0 Å². The van der Waals surface area contributed by atoms with Crippen LogP contribution >= 0.6 is 0 Å². The third-order valence-electron chi connectivity index (χ3n) is 3.42. The molecular formula is C19H28. The Labute approximate surface area is 119 Å². The average molecular weight is 256 g/mol. The van der Waals surface area contributed by atoms with E-state index in [1.165, 1.54) is 33.4 Å². The highest BCUT2D eigenvalue weighted by Crippen LogP contribution is 2.26. The molecule has 2 rings (SSSR count). The minimum Gasteiger partial charge on any atom is -0.0776 e. The van der Waals surface area contributed by atoms with Crippen molar-refractivity contribution < 1.29 is 0 Å². The molecule has 0 saturated heterocycles. The molecule has 0 radical (unpaired) electrons. The first kappa shape index (κ1) is 17.4. The molecule has 0 saturated carbocycles. The quantitative estimate of drug-likeness (QED) is 0.565. The lowest BCUT2D eigenvalue weighted by Crippen LogP contribution is -1.88. The molecule has 0 aliphatic heterocycles. The van der Waals surface area contributed by atoms with Crippen LogP contribution in [0.15, 0.2) is 36.4 Å². The van der Waals surface area contributed by atoms with Crippen LogP contribution in [0.1, 0.15) is 43.5 Å². The minimum atomic E-state index is 0. The van der Waals surface area contributed by atoms with E-state index in [1.54, 1.807) is 0 Å². The van der Waals surface area contributed by atoms with Crippen molar-refractivity contribution in [2.24, 2.45) is 0 Å². The highest BCUT2D eigenvalue weighted by atomic mass is 14.1. The summed E-state index contributed by atoms with van der Waals surface area (Å²) >= 11 is 0. The van der Waals surface area contributed by atoms with Gasteiger partial charge in [-0.05, 0) is 61.1 Å². The van der Waals surface area contributed by atoms with Crippen LogP contribution in [0.3, 0.4) is 0 Å². The van der Waals surface area contributed by atoms with Crippen LogP contribution in [0.4, 0.5) is 0 Å². The molecule has 0 N–H and O–H groups in total. The third-order valence-corrected chi connectivity index (χ3v) is 3.42. The van der Waals surface area contributed by atoms with Crippen LogP contribution < -0.4 is 0 Å². The van der Waals surface area contributed by atoms with E-state index in [9.17, 15) is 0 Å². The van der Waals surface area contributed by atoms with Gasteiger partial charge in [0.2, 0.25) is 0 Å². The number of rotatable bonds is 1. The first-order valence-electron chi connectivity index (χ1n) is 6.73. The molecule has 0 spiro atoms. The van der Waals surface area contributed by atoms with Crippen molar-refractivity contribution in [3.8, 4) is 11.1 Å². The van der Waals surface area contributed by atoms with Gasteiger partial charge in [0.15, 0.2) is 0 Å². The highest BCUT2D eigenvalue weighted by molar-refractivity contribution is 5.69. The Kier molecular flexibility index (Phi) is 7.14. The van der Waals surface area contributed by atoms with Crippen molar-refractivity contribution in [2.75, 3.05) is 0 Å². The fraction of sp³-hybridized carbons (Fsp3) is 0.368. The number of benzene rings is 2. The molecule has 0 aliphatic carbocycles. The van der Waals surface area contributed by atoms with Gasteiger partial charge in [-0.3, -0.25) is 0 Å². The van der Waals surface area contributed by atoms with E-state index in [0.29, 0.717) is 0 Å². The molecule has 0 amide bonds. The molecule has 0 heterocycles. The first-order valence-corrected chi connectivity index (χ1v) is 6.73. The van der Waals surface area contributed by atoms with Gasteiger partial charge in [0.1, 0.15) is 0 Å². The SMILES string of the molecule is C.CC.Cc1ccc(-c2cccc(C)c2C)cc1C. The fourth-order valence-electron chi connectivity index (χ4n) is 1.97. The van der Waals surface area contributed by atoms with Gasteiger partial charge in [0, 0.05) is 0 Å². The van der Waals surface area contributed by atoms with Crippen molar-refractivity contribution in [2.45, 2.75) is 49.0 Å². The van der Waals surface area contributed by atoms with Crippen molar-refractivity contribution in [1.82, 2.24) is 0 Å². The standard InChI is InChI=1S/C16H18.C2H6.CH4/c1-11-8-9-15(10-13(11)3)16-7-5-6-12(2)14(16)4;1-2;/h5-10H,1-4H3;1-2H3;1H4. The van der Waals surface area contributed by atoms with Gasteiger partial charge in [0.05, 0.1) is 0 Å². The Morgan fingerprint density at radius 2 is 1.32 bits per heavy atom. The summed E-state index contributed by atoms with van der Waals surface area (Å²) in [5.41, 5.74) is 8.13. The summed E-state index contributed by atoms with van der Waals surface area (Å²) in [6.07, 6.45) is 0. The van der Waals surface area contributed by atoms with Crippen LogP contribution in [0, 0.1) is 27.7 Å². The van der Waals surface area contributed by atoms with Gasteiger partial charge in [-0.1, -0.05) is 57.7 Å². The Balaban J connectivity index is 0.00000103. The number of aryl methyl sites for hydroxylation is 3. The molecular weight excluding hydrogens is 228 g/mol. The summed E-state index contributed by atoms with van der Waals surface area (Å²) in [4.78, 5) is 0. The Hall–Kier alpha value is -1.56. The van der Waals surface area contributed by atoms with Gasteiger partial charge in [-0.25, -0.2) is 0 Å². The summed E-state index contributed by atoms with van der Waals surface area (Å²) in [6.45, 7) is 12.7. The monoisotopic (exact) mass is 256 g/mol. The second-order valence-corrected chi connectivity index (χ2v) is 4.55. The van der Waals surface area contributed by atoms with E-state index in [2.05, 4.69) is 64.1 Å². The van der Waals surface area contributed by atoms with Crippen LogP contribution in [0.25, 0.3) is 11.1 Å². The molecule has 0 atom stereocenters. The van der Waals surface area contributed by atoms with Gasteiger partial charge in [0.25, 0.3) is 0 Å². The lowest BCUT2D eigenvalue weighted by atomic mass is 9.95. The van der Waals surface area contributed by atoms with Gasteiger partial charge in [-0.15, -0.1) is 0 Å². The molecule has 0 heteroatoms. The molecule has 0 nitrogen and oxygen atoms in total. The number of hydrogen-bond donors (Lipinski definition) is 0. The average Bonchev–Trinajstić information content (AvgIpc) is 2.39. The molecule has 104 valence electrons. The summed E-state index contributed by atoms with van der Waals surface area (Å²) in [5, 5.41) is 0. The van der Waals surface area contributed by atoms with E-state index >= 15 is 0 Å². The molecule has 0 bridgehead atoms.